The fourth-order valence-electron chi connectivity index (χ4n) is 3.35. The van der Waals surface area contributed by atoms with Crippen LogP contribution in [0.3, 0.4) is 0 Å². The van der Waals surface area contributed by atoms with Gasteiger partial charge in [0.15, 0.2) is 0 Å². The van der Waals surface area contributed by atoms with Crippen molar-refractivity contribution >= 4 is 11.9 Å². The summed E-state index contributed by atoms with van der Waals surface area (Å²) in [6.45, 7) is 5.00. The molecule has 3 rings (SSSR count). The highest BCUT2D eigenvalue weighted by molar-refractivity contribution is 5.79. The quantitative estimate of drug-likeness (QED) is 0.597. The Morgan fingerprint density at radius 3 is 2.04 bits per heavy atom. The largest absolute Gasteiger partial charge is 0.426 e. The summed E-state index contributed by atoms with van der Waals surface area (Å²) >= 11 is 0. The molecular formula is C23H24N2O3. The summed E-state index contributed by atoms with van der Waals surface area (Å²) in [4.78, 5) is 26.3. The first-order valence-corrected chi connectivity index (χ1v) is 9.59. The summed E-state index contributed by atoms with van der Waals surface area (Å²) in [6.07, 6.45) is 1.28. The smallest absolute Gasteiger partial charge is 0.314 e. The zero-order valence-electron chi connectivity index (χ0n) is 16.2. The van der Waals surface area contributed by atoms with E-state index in [1.807, 2.05) is 43.0 Å². The lowest BCUT2D eigenvalue weighted by Gasteiger charge is -2.32. The molecule has 2 aromatic rings. The van der Waals surface area contributed by atoms with E-state index in [1.165, 1.54) is 0 Å². The van der Waals surface area contributed by atoms with Gasteiger partial charge in [0, 0.05) is 19.0 Å². The maximum Gasteiger partial charge on any atom is 0.314 e. The van der Waals surface area contributed by atoms with Crippen LogP contribution in [0.15, 0.2) is 48.5 Å². The van der Waals surface area contributed by atoms with Crippen LogP contribution in [0.5, 0.6) is 5.75 Å². The summed E-state index contributed by atoms with van der Waals surface area (Å²) in [5.74, 6) is 0.239. The van der Waals surface area contributed by atoms with Crippen molar-refractivity contribution in [2.45, 2.75) is 26.7 Å². The van der Waals surface area contributed by atoms with Gasteiger partial charge in [-0.1, -0.05) is 38.1 Å². The van der Waals surface area contributed by atoms with Gasteiger partial charge in [-0.3, -0.25) is 9.59 Å². The highest BCUT2D eigenvalue weighted by Crippen LogP contribution is 2.25. The molecule has 1 aliphatic heterocycles. The molecular weight excluding hydrogens is 352 g/mol. The molecule has 1 amide bonds. The summed E-state index contributed by atoms with van der Waals surface area (Å²) in [5, 5.41) is 8.87. The third-order valence-corrected chi connectivity index (χ3v) is 5.05. The highest BCUT2D eigenvalue weighted by Gasteiger charge is 2.29. The van der Waals surface area contributed by atoms with Crippen molar-refractivity contribution in [2.75, 3.05) is 13.1 Å². The lowest BCUT2D eigenvalue weighted by molar-refractivity contribution is -0.144. The van der Waals surface area contributed by atoms with Gasteiger partial charge in [-0.2, -0.15) is 5.26 Å². The minimum atomic E-state index is -0.234. The van der Waals surface area contributed by atoms with Crippen LogP contribution >= 0.6 is 0 Å². The molecule has 1 heterocycles. The number of piperidine rings is 1. The van der Waals surface area contributed by atoms with Gasteiger partial charge >= 0.3 is 5.97 Å². The van der Waals surface area contributed by atoms with Crippen molar-refractivity contribution in [3.63, 3.8) is 0 Å². The van der Waals surface area contributed by atoms with E-state index in [4.69, 9.17) is 10.00 Å². The first-order chi connectivity index (χ1) is 13.5. The number of nitriles is 1. The molecule has 0 N–H and O–H groups in total. The summed E-state index contributed by atoms with van der Waals surface area (Å²) in [5.41, 5.74) is 2.61. The fourth-order valence-corrected chi connectivity index (χ4v) is 3.35. The Balaban J connectivity index is 1.56. The van der Waals surface area contributed by atoms with Crippen LogP contribution in [0.2, 0.25) is 0 Å². The molecule has 0 aromatic heterocycles. The van der Waals surface area contributed by atoms with Crippen molar-refractivity contribution in [1.29, 1.82) is 5.26 Å². The maximum atomic E-state index is 12.4. The van der Waals surface area contributed by atoms with E-state index in [-0.39, 0.29) is 23.7 Å². The van der Waals surface area contributed by atoms with Gasteiger partial charge < -0.3 is 9.64 Å². The predicted molar refractivity (Wildman–Crippen MR) is 106 cm³/mol. The number of carbonyl (C=O) groups excluding carboxylic acids is 2. The lowest BCUT2D eigenvalue weighted by atomic mass is 9.96. The SMILES string of the molecule is CC(C)C(=O)N1CCC(C(=O)Oc2ccc(-c3ccc(C#N)cc3)cc2)CC1. The number of rotatable bonds is 4. The van der Waals surface area contributed by atoms with Crippen molar-refractivity contribution in [2.24, 2.45) is 11.8 Å². The number of hydrogen-bond donors (Lipinski definition) is 0. The van der Waals surface area contributed by atoms with Crippen molar-refractivity contribution in [1.82, 2.24) is 4.90 Å². The molecule has 2 aromatic carbocycles. The van der Waals surface area contributed by atoms with E-state index in [2.05, 4.69) is 6.07 Å². The first-order valence-electron chi connectivity index (χ1n) is 9.59. The van der Waals surface area contributed by atoms with Gasteiger partial charge in [0.05, 0.1) is 17.6 Å². The Bertz CT molecular complexity index is 872. The zero-order chi connectivity index (χ0) is 20.1. The summed E-state index contributed by atoms with van der Waals surface area (Å²) in [7, 11) is 0. The Hall–Kier alpha value is -3.13. The molecule has 0 spiro atoms. The molecule has 0 aliphatic carbocycles. The minimum absolute atomic E-state index is 0.0156. The summed E-state index contributed by atoms with van der Waals surface area (Å²) in [6, 6.07) is 16.8. The lowest BCUT2D eigenvalue weighted by Crippen LogP contribution is -2.42. The molecule has 5 heteroatoms. The summed E-state index contributed by atoms with van der Waals surface area (Å²) < 4.78 is 5.54. The van der Waals surface area contributed by atoms with E-state index in [0.717, 1.165) is 11.1 Å². The topological polar surface area (TPSA) is 70.4 Å². The van der Waals surface area contributed by atoms with Gasteiger partial charge in [0.1, 0.15) is 5.75 Å². The maximum absolute atomic E-state index is 12.4. The van der Waals surface area contributed by atoms with Crippen LogP contribution in [0.4, 0.5) is 0 Å². The molecule has 1 aliphatic rings. The monoisotopic (exact) mass is 376 g/mol. The zero-order valence-corrected chi connectivity index (χ0v) is 16.2. The normalized spacial score (nSPS) is 14.6. The first kappa shape index (κ1) is 19.6. The molecule has 5 nitrogen and oxygen atoms in total. The minimum Gasteiger partial charge on any atom is -0.426 e. The number of hydrogen-bond acceptors (Lipinski definition) is 4. The van der Waals surface area contributed by atoms with Crippen LogP contribution < -0.4 is 4.74 Å². The Morgan fingerprint density at radius 1 is 1.00 bits per heavy atom. The second-order valence-corrected chi connectivity index (χ2v) is 7.39. The van der Waals surface area contributed by atoms with E-state index < -0.39 is 0 Å². The number of ether oxygens (including phenoxy) is 1. The molecule has 1 saturated heterocycles. The predicted octanol–water partition coefficient (Wildman–Crippen LogP) is 4.03. The van der Waals surface area contributed by atoms with Gasteiger partial charge in [0.25, 0.3) is 0 Å². The third-order valence-electron chi connectivity index (χ3n) is 5.05. The number of likely N-dealkylation sites (tertiary alicyclic amines) is 1. The van der Waals surface area contributed by atoms with E-state index in [9.17, 15) is 9.59 Å². The van der Waals surface area contributed by atoms with E-state index in [0.29, 0.717) is 37.2 Å². The van der Waals surface area contributed by atoms with Crippen LogP contribution in [-0.4, -0.2) is 29.9 Å². The number of carbonyl (C=O) groups is 2. The Labute approximate surface area is 165 Å². The van der Waals surface area contributed by atoms with Crippen LogP contribution in [-0.2, 0) is 9.59 Å². The Morgan fingerprint density at radius 2 is 1.54 bits per heavy atom. The second-order valence-electron chi connectivity index (χ2n) is 7.39. The van der Waals surface area contributed by atoms with Gasteiger partial charge in [-0.05, 0) is 48.2 Å². The van der Waals surface area contributed by atoms with Gasteiger partial charge in [-0.15, -0.1) is 0 Å². The molecule has 0 atom stereocenters. The number of nitrogens with zero attached hydrogens (tertiary/aromatic N) is 2. The molecule has 0 radical (unpaired) electrons. The second kappa shape index (κ2) is 8.71. The molecule has 0 saturated carbocycles. The molecule has 144 valence electrons. The average Bonchev–Trinajstić information content (AvgIpc) is 2.74. The van der Waals surface area contributed by atoms with Crippen molar-refractivity contribution in [3.8, 4) is 22.9 Å². The highest BCUT2D eigenvalue weighted by atomic mass is 16.5. The third kappa shape index (κ3) is 4.58. The van der Waals surface area contributed by atoms with Crippen molar-refractivity contribution < 1.29 is 14.3 Å². The molecule has 28 heavy (non-hydrogen) atoms. The number of amides is 1. The molecule has 0 bridgehead atoms. The Kier molecular flexibility index (Phi) is 6.10. The van der Waals surface area contributed by atoms with E-state index in [1.54, 1.807) is 24.3 Å². The molecule has 1 fully saturated rings. The standard InChI is InChI=1S/C23H24N2O3/c1-16(2)22(26)25-13-11-20(12-14-25)23(27)28-21-9-7-19(8-10-21)18-5-3-17(15-24)4-6-18/h3-10,16,20H,11-14H2,1-2H3. The van der Waals surface area contributed by atoms with Crippen molar-refractivity contribution in [3.05, 3.63) is 54.1 Å². The van der Waals surface area contributed by atoms with E-state index >= 15 is 0 Å². The van der Waals surface area contributed by atoms with Crippen LogP contribution in [0, 0.1) is 23.2 Å². The molecule has 0 unspecified atom stereocenters. The fraction of sp³-hybridized carbons (Fsp3) is 0.348. The van der Waals surface area contributed by atoms with Crippen LogP contribution in [0.25, 0.3) is 11.1 Å². The number of esters is 1. The van der Waals surface area contributed by atoms with Gasteiger partial charge in [-0.25, -0.2) is 0 Å². The van der Waals surface area contributed by atoms with Gasteiger partial charge in [0.2, 0.25) is 5.91 Å². The van der Waals surface area contributed by atoms with Crippen LogP contribution in [0.1, 0.15) is 32.3 Å². The average molecular weight is 376 g/mol. The number of benzene rings is 2.